The Kier molecular flexibility index (Phi) is 3.68. The molecular formula is C12H11N3S3. The third kappa shape index (κ3) is 2.77. The number of nitrogens with one attached hydrogen (secondary N) is 1. The van der Waals surface area contributed by atoms with Crippen molar-refractivity contribution in [3.05, 3.63) is 51.0 Å². The molecule has 3 heterocycles. The summed E-state index contributed by atoms with van der Waals surface area (Å²) in [7, 11) is 0. The lowest BCUT2D eigenvalue weighted by molar-refractivity contribution is 0.805. The van der Waals surface area contributed by atoms with Crippen molar-refractivity contribution in [2.45, 2.75) is 12.5 Å². The molecule has 6 heteroatoms. The van der Waals surface area contributed by atoms with Gasteiger partial charge in [0.1, 0.15) is 5.00 Å². The minimum atomic E-state index is 0.297. The van der Waals surface area contributed by atoms with E-state index in [1.165, 1.54) is 21.3 Å². The van der Waals surface area contributed by atoms with Gasteiger partial charge in [-0.1, -0.05) is 16.6 Å². The Bertz CT molecular complexity index is 522. The molecule has 0 bridgehead atoms. The van der Waals surface area contributed by atoms with E-state index in [1.807, 2.05) is 0 Å². The van der Waals surface area contributed by atoms with Crippen molar-refractivity contribution >= 4 is 39.2 Å². The molecule has 0 radical (unpaired) electrons. The van der Waals surface area contributed by atoms with Gasteiger partial charge in [-0.15, -0.1) is 27.8 Å². The molecule has 0 aliphatic rings. The van der Waals surface area contributed by atoms with Crippen LogP contribution in [0.2, 0.25) is 0 Å². The van der Waals surface area contributed by atoms with Gasteiger partial charge in [-0.05, 0) is 22.9 Å². The van der Waals surface area contributed by atoms with Crippen LogP contribution in [0.1, 0.15) is 15.8 Å². The average Bonchev–Trinajstić information content (AvgIpc) is 3.13. The highest BCUT2D eigenvalue weighted by Crippen LogP contribution is 2.29. The Morgan fingerprint density at radius 1 is 1.17 bits per heavy atom. The highest BCUT2D eigenvalue weighted by Gasteiger charge is 2.14. The smallest absolute Gasteiger partial charge is 0.130 e. The summed E-state index contributed by atoms with van der Waals surface area (Å²) >= 11 is 4.98. The summed E-state index contributed by atoms with van der Waals surface area (Å²) < 4.78 is 3.89. The molecule has 3 aromatic rings. The van der Waals surface area contributed by atoms with Crippen LogP contribution >= 0.6 is 34.2 Å². The Balaban J connectivity index is 1.80. The largest absolute Gasteiger partial charge is 0.366 e. The lowest BCUT2D eigenvalue weighted by Gasteiger charge is -2.16. The van der Waals surface area contributed by atoms with E-state index in [1.54, 1.807) is 28.9 Å². The Morgan fingerprint density at radius 3 is 2.72 bits per heavy atom. The van der Waals surface area contributed by atoms with Gasteiger partial charge < -0.3 is 5.32 Å². The third-order valence-corrected chi connectivity index (χ3v) is 5.03. The maximum Gasteiger partial charge on any atom is 0.130 e. The first-order valence-corrected chi connectivity index (χ1v) is 8.05. The predicted molar refractivity (Wildman–Crippen MR) is 78.6 cm³/mol. The third-order valence-electron chi connectivity index (χ3n) is 2.55. The maximum atomic E-state index is 3.89. The Hall–Kier alpha value is -1.24. The molecule has 3 rings (SSSR count). The van der Waals surface area contributed by atoms with Crippen LogP contribution in [0.5, 0.6) is 0 Å². The van der Waals surface area contributed by atoms with Crippen molar-refractivity contribution in [2.75, 3.05) is 5.32 Å². The predicted octanol–water partition coefficient (Wildman–Crippen LogP) is 4.06. The van der Waals surface area contributed by atoms with E-state index < -0.39 is 0 Å². The molecule has 0 fully saturated rings. The summed E-state index contributed by atoms with van der Waals surface area (Å²) in [6.07, 6.45) is 2.77. The monoisotopic (exact) mass is 293 g/mol. The molecule has 0 spiro atoms. The lowest BCUT2D eigenvalue weighted by atomic mass is 10.1. The van der Waals surface area contributed by atoms with Gasteiger partial charge in [0, 0.05) is 27.7 Å². The molecule has 18 heavy (non-hydrogen) atoms. The van der Waals surface area contributed by atoms with Crippen LogP contribution in [-0.4, -0.2) is 9.59 Å². The number of nitrogens with zero attached hydrogens (tertiary/aromatic N) is 2. The fourth-order valence-corrected chi connectivity index (χ4v) is 3.75. The molecule has 1 atom stereocenters. The summed E-state index contributed by atoms with van der Waals surface area (Å²) in [5, 5.41) is 12.6. The lowest BCUT2D eigenvalue weighted by Crippen LogP contribution is -2.10. The van der Waals surface area contributed by atoms with Gasteiger partial charge in [-0.25, -0.2) is 0 Å². The number of hydrogen-bond donors (Lipinski definition) is 1. The SMILES string of the molecule is c1csc(CC(Nc2cnns2)c2cccs2)c1. The zero-order valence-corrected chi connectivity index (χ0v) is 11.9. The molecule has 3 nitrogen and oxygen atoms in total. The molecule has 3 aromatic heterocycles. The molecule has 92 valence electrons. The number of rotatable bonds is 5. The highest BCUT2D eigenvalue weighted by atomic mass is 32.1. The second kappa shape index (κ2) is 5.60. The summed E-state index contributed by atoms with van der Waals surface area (Å²) in [5.74, 6) is 0. The van der Waals surface area contributed by atoms with Gasteiger partial charge in [-0.2, -0.15) is 0 Å². The van der Waals surface area contributed by atoms with Gasteiger partial charge >= 0.3 is 0 Å². The number of hydrogen-bond acceptors (Lipinski definition) is 6. The van der Waals surface area contributed by atoms with Crippen molar-refractivity contribution in [3.8, 4) is 0 Å². The number of thiophene rings is 2. The van der Waals surface area contributed by atoms with Gasteiger partial charge in [0.25, 0.3) is 0 Å². The molecular weight excluding hydrogens is 282 g/mol. The summed E-state index contributed by atoms with van der Waals surface area (Å²) in [4.78, 5) is 2.73. The molecule has 0 saturated carbocycles. The molecule has 1 unspecified atom stereocenters. The first-order chi connectivity index (χ1) is 8.92. The zero-order chi connectivity index (χ0) is 12.2. The molecule has 0 aliphatic heterocycles. The number of aromatic nitrogens is 2. The number of anilines is 1. The van der Waals surface area contributed by atoms with Gasteiger partial charge in [-0.3, -0.25) is 0 Å². The second-order valence-electron chi connectivity index (χ2n) is 3.78. The minimum absolute atomic E-state index is 0.297. The van der Waals surface area contributed by atoms with E-state index in [9.17, 15) is 0 Å². The van der Waals surface area contributed by atoms with Crippen LogP contribution in [0.25, 0.3) is 0 Å². The van der Waals surface area contributed by atoms with Crippen molar-refractivity contribution in [1.82, 2.24) is 9.59 Å². The van der Waals surface area contributed by atoms with E-state index in [-0.39, 0.29) is 0 Å². The summed E-state index contributed by atoms with van der Waals surface area (Å²) in [6, 6.07) is 8.83. The minimum Gasteiger partial charge on any atom is -0.366 e. The highest BCUT2D eigenvalue weighted by molar-refractivity contribution is 7.11. The van der Waals surface area contributed by atoms with Crippen LogP contribution in [0.15, 0.2) is 41.2 Å². The quantitative estimate of drug-likeness (QED) is 0.771. The van der Waals surface area contributed by atoms with Gasteiger partial charge in [0.15, 0.2) is 0 Å². The summed E-state index contributed by atoms with van der Waals surface area (Å²) in [5.41, 5.74) is 0. The van der Waals surface area contributed by atoms with E-state index in [2.05, 4.69) is 49.9 Å². The fourth-order valence-electron chi connectivity index (χ4n) is 1.74. The molecule has 0 saturated heterocycles. The van der Waals surface area contributed by atoms with Crippen LogP contribution in [0.3, 0.4) is 0 Å². The van der Waals surface area contributed by atoms with E-state index in [4.69, 9.17) is 0 Å². The Labute approximate surface area is 117 Å². The van der Waals surface area contributed by atoms with Gasteiger partial charge in [0.2, 0.25) is 0 Å². The van der Waals surface area contributed by atoms with Crippen molar-refractivity contribution in [3.63, 3.8) is 0 Å². The standard InChI is InChI=1S/C12H11N3S3/c1-3-9(16-5-1)7-10(11-4-2-6-17-11)14-12-8-13-15-18-12/h1-6,8,10,14H,7H2. The topological polar surface area (TPSA) is 37.8 Å². The normalized spacial score (nSPS) is 12.4. The van der Waals surface area contributed by atoms with Crippen molar-refractivity contribution in [2.24, 2.45) is 0 Å². The van der Waals surface area contributed by atoms with Crippen LogP contribution in [-0.2, 0) is 6.42 Å². The summed E-state index contributed by atoms with van der Waals surface area (Å²) in [6.45, 7) is 0. The Morgan fingerprint density at radius 2 is 2.06 bits per heavy atom. The van der Waals surface area contributed by atoms with Crippen molar-refractivity contribution < 1.29 is 0 Å². The van der Waals surface area contributed by atoms with Crippen LogP contribution < -0.4 is 5.32 Å². The van der Waals surface area contributed by atoms with E-state index >= 15 is 0 Å². The van der Waals surface area contributed by atoms with Crippen LogP contribution in [0, 0.1) is 0 Å². The first kappa shape index (κ1) is 11.8. The molecule has 1 N–H and O–H groups in total. The van der Waals surface area contributed by atoms with E-state index in [0.29, 0.717) is 6.04 Å². The molecule has 0 aliphatic carbocycles. The second-order valence-corrected chi connectivity index (χ2v) is 6.57. The molecule has 0 aromatic carbocycles. The van der Waals surface area contributed by atoms with Crippen molar-refractivity contribution in [1.29, 1.82) is 0 Å². The fraction of sp³-hybridized carbons (Fsp3) is 0.167. The maximum absolute atomic E-state index is 3.89. The van der Waals surface area contributed by atoms with E-state index in [0.717, 1.165) is 11.4 Å². The zero-order valence-electron chi connectivity index (χ0n) is 9.45. The van der Waals surface area contributed by atoms with Gasteiger partial charge in [0.05, 0.1) is 12.2 Å². The first-order valence-electron chi connectivity index (χ1n) is 5.51. The average molecular weight is 293 g/mol. The van der Waals surface area contributed by atoms with Crippen LogP contribution in [0.4, 0.5) is 5.00 Å². The molecule has 0 amide bonds.